The van der Waals surface area contributed by atoms with Gasteiger partial charge in [0.25, 0.3) is 0 Å². The number of halogens is 3. The fraction of sp³-hybridized carbons (Fsp3) is 0.160. The molecule has 0 atom stereocenters. The Kier molecular flexibility index (Phi) is 6.70. The van der Waals surface area contributed by atoms with Gasteiger partial charge in [0.05, 0.1) is 13.7 Å². The molecule has 3 aromatic heterocycles. The van der Waals surface area contributed by atoms with Gasteiger partial charge in [-0.3, -0.25) is 4.68 Å². The van der Waals surface area contributed by atoms with Crippen LogP contribution in [0.1, 0.15) is 16.7 Å². The quantitative estimate of drug-likeness (QED) is 0.258. The van der Waals surface area contributed by atoms with Gasteiger partial charge < -0.3 is 14.6 Å². The van der Waals surface area contributed by atoms with Gasteiger partial charge in [0, 0.05) is 59.2 Å². The average molecular weight is 556 g/mol. The van der Waals surface area contributed by atoms with E-state index in [1.807, 2.05) is 29.3 Å². The van der Waals surface area contributed by atoms with Gasteiger partial charge in [-0.25, -0.2) is 4.39 Å². The van der Waals surface area contributed by atoms with Crippen LogP contribution in [0.15, 0.2) is 71.9 Å². The lowest BCUT2D eigenvalue weighted by atomic mass is 10.1. The highest BCUT2D eigenvalue weighted by Crippen LogP contribution is 2.31. The molecule has 0 aliphatic heterocycles. The molecule has 2 aromatic carbocycles. The van der Waals surface area contributed by atoms with E-state index in [9.17, 15) is 4.39 Å². The number of ether oxygens (including phenoxy) is 1. The van der Waals surface area contributed by atoms with E-state index in [4.69, 9.17) is 16.3 Å². The second-order valence-electron chi connectivity index (χ2n) is 8.01. The molecule has 0 fully saturated rings. The van der Waals surface area contributed by atoms with Crippen molar-refractivity contribution in [1.29, 1.82) is 0 Å². The molecule has 35 heavy (non-hydrogen) atoms. The van der Waals surface area contributed by atoms with Crippen LogP contribution in [0.5, 0.6) is 5.75 Å². The molecule has 5 rings (SSSR count). The van der Waals surface area contributed by atoms with Gasteiger partial charge in [0.1, 0.15) is 4.60 Å². The average Bonchev–Trinajstić information content (AvgIpc) is 3.52. The Bertz CT molecular complexity index is 1470. The first-order chi connectivity index (χ1) is 17.0. The lowest BCUT2D eigenvalue weighted by Gasteiger charge is -2.11. The number of fused-ring (bicyclic) bond motifs is 1. The zero-order chi connectivity index (χ0) is 24.4. The van der Waals surface area contributed by atoms with E-state index < -0.39 is 5.82 Å². The Hall–Kier alpha value is -3.43. The molecule has 0 saturated carbocycles. The van der Waals surface area contributed by atoms with E-state index in [0.29, 0.717) is 27.6 Å². The van der Waals surface area contributed by atoms with Crippen molar-refractivity contribution in [3.05, 3.63) is 99.4 Å². The standard InChI is InChI=1S/C25H21BrClFN6O/c1-35-22-8-7-21(27)18(23(22)28)11-29-25-20-15-33(14-19(20)24(26)31-32-25)12-16-3-5-17(6-4-16)13-34-10-2-9-30-34/h2-10,14-15H,11-13H2,1H3,(H,29,32). The van der Waals surface area contributed by atoms with Crippen molar-refractivity contribution in [1.82, 2.24) is 24.5 Å². The van der Waals surface area contributed by atoms with Crippen LogP contribution in [0.4, 0.5) is 10.2 Å². The lowest BCUT2D eigenvalue weighted by molar-refractivity contribution is 0.384. The van der Waals surface area contributed by atoms with Crippen molar-refractivity contribution in [3.8, 4) is 5.75 Å². The summed E-state index contributed by atoms with van der Waals surface area (Å²) >= 11 is 9.71. The van der Waals surface area contributed by atoms with Crippen LogP contribution < -0.4 is 10.1 Å². The van der Waals surface area contributed by atoms with Crippen molar-refractivity contribution in [3.63, 3.8) is 0 Å². The highest BCUT2D eigenvalue weighted by molar-refractivity contribution is 9.10. The third-order valence-corrected chi connectivity index (χ3v) is 6.63. The first-order valence-corrected chi connectivity index (χ1v) is 12.0. The van der Waals surface area contributed by atoms with Crippen molar-refractivity contribution < 1.29 is 9.13 Å². The third kappa shape index (κ3) is 5.01. The number of nitrogens with zero attached hydrogens (tertiary/aromatic N) is 5. The normalized spacial score (nSPS) is 11.2. The third-order valence-electron chi connectivity index (χ3n) is 5.69. The fourth-order valence-electron chi connectivity index (χ4n) is 3.89. The molecule has 0 aliphatic rings. The predicted molar refractivity (Wildman–Crippen MR) is 137 cm³/mol. The topological polar surface area (TPSA) is 69.8 Å². The second kappa shape index (κ2) is 10.1. The largest absolute Gasteiger partial charge is 0.494 e. The van der Waals surface area contributed by atoms with Crippen molar-refractivity contribution in [2.45, 2.75) is 19.6 Å². The molecular weight excluding hydrogens is 535 g/mol. The highest BCUT2D eigenvalue weighted by Gasteiger charge is 2.15. The van der Waals surface area contributed by atoms with E-state index in [1.165, 1.54) is 18.7 Å². The van der Waals surface area contributed by atoms with Gasteiger partial charge in [-0.1, -0.05) is 35.9 Å². The van der Waals surface area contributed by atoms with Crippen molar-refractivity contribution in [2.75, 3.05) is 12.4 Å². The monoisotopic (exact) mass is 554 g/mol. The van der Waals surface area contributed by atoms with E-state index in [0.717, 1.165) is 22.9 Å². The Balaban J connectivity index is 1.35. The number of rotatable bonds is 8. The molecule has 7 nitrogen and oxygen atoms in total. The second-order valence-corrected chi connectivity index (χ2v) is 9.17. The Morgan fingerprint density at radius 3 is 2.49 bits per heavy atom. The van der Waals surface area contributed by atoms with Crippen LogP contribution in [-0.4, -0.2) is 31.7 Å². The molecule has 0 spiro atoms. The highest BCUT2D eigenvalue weighted by atomic mass is 79.9. The molecule has 5 aromatic rings. The summed E-state index contributed by atoms with van der Waals surface area (Å²) in [4.78, 5) is 0. The number of hydrogen-bond donors (Lipinski definition) is 1. The molecule has 0 radical (unpaired) electrons. The first kappa shape index (κ1) is 23.3. The number of methoxy groups -OCH3 is 1. The van der Waals surface area contributed by atoms with E-state index >= 15 is 0 Å². The lowest BCUT2D eigenvalue weighted by Crippen LogP contribution is -2.06. The van der Waals surface area contributed by atoms with Crippen LogP contribution >= 0.6 is 27.5 Å². The van der Waals surface area contributed by atoms with Crippen LogP contribution in [0, 0.1) is 5.82 Å². The molecule has 0 saturated heterocycles. The fourth-order valence-corrected chi connectivity index (χ4v) is 4.50. The summed E-state index contributed by atoms with van der Waals surface area (Å²) in [5.41, 5.74) is 2.64. The zero-order valence-electron chi connectivity index (χ0n) is 18.8. The van der Waals surface area contributed by atoms with Gasteiger partial charge in [-0.05, 0) is 45.3 Å². The minimum atomic E-state index is -0.498. The summed E-state index contributed by atoms with van der Waals surface area (Å²) in [6.07, 6.45) is 7.73. The van der Waals surface area contributed by atoms with E-state index in [-0.39, 0.29) is 12.3 Å². The number of aromatic nitrogens is 5. The van der Waals surface area contributed by atoms with Crippen LogP contribution in [-0.2, 0) is 19.6 Å². The summed E-state index contributed by atoms with van der Waals surface area (Å²) in [6, 6.07) is 13.5. The number of hydrogen-bond acceptors (Lipinski definition) is 5. The first-order valence-electron chi connectivity index (χ1n) is 10.8. The summed E-state index contributed by atoms with van der Waals surface area (Å²) in [6.45, 7) is 1.55. The molecule has 0 unspecified atom stereocenters. The van der Waals surface area contributed by atoms with E-state index in [2.05, 4.69) is 65.4 Å². The van der Waals surface area contributed by atoms with Gasteiger partial charge >= 0.3 is 0 Å². The number of anilines is 1. The van der Waals surface area contributed by atoms with Crippen molar-refractivity contribution >= 4 is 44.1 Å². The molecule has 1 N–H and O–H groups in total. The maximum absolute atomic E-state index is 14.7. The smallest absolute Gasteiger partial charge is 0.171 e. The molecule has 10 heteroatoms. The van der Waals surface area contributed by atoms with Crippen LogP contribution in [0.25, 0.3) is 10.8 Å². The summed E-state index contributed by atoms with van der Waals surface area (Å²) in [5, 5.41) is 18.0. The maximum Gasteiger partial charge on any atom is 0.171 e. The summed E-state index contributed by atoms with van der Waals surface area (Å²) in [5.74, 6) is 0.178. The summed E-state index contributed by atoms with van der Waals surface area (Å²) < 4.78 is 24.4. The molecular formula is C25H21BrClFN6O. The molecule has 0 amide bonds. The predicted octanol–water partition coefficient (Wildman–Crippen LogP) is 5.90. The minimum Gasteiger partial charge on any atom is -0.494 e. The zero-order valence-corrected chi connectivity index (χ0v) is 21.1. The van der Waals surface area contributed by atoms with Crippen LogP contribution in [0.3, 0.4) is 0 Å². The van der Waals surface area contributed by atoms with Gasteiger partial charge in [-0.15, -0.1) is 10.2 Å². The number of nitrogens with one attached hydrogen (secondary N) is 1. The Labute approximate surface area is 214 Å². The van der Waals surface area contributed by atoms with Crippen LogP contribution in [0.2, 0.25) is 5.02 Å². The molecule has 178 valence electrons. The Morgan fingerprint density at radius 2 is 1.77 bits per heavy atom. The molecule has 0 bridgehead atoms. The maximum atomic E-state index is 14.7. The van der Waals surface area contributed by atoms with Crippen molar-refractivity contribution in [2.24, 2.45) is 0 Å². The molecule has 0 aliphatic carbocycles. The van der Waals surface area contributed by atoms with Gasteiger partial charge in [0.2, 0.25) is 0 Å². The molecule has 3 heterocycles. The van der Waals surface area contributed by atoms with Gasteiger partial charge in [-0.2, -0.15) is 5.10 Å². The van der Waals surface area contributed by atoms with E-state index in [1.54, 1.807) is 12.3 Å². The van der Waals surface area contributed by atoms with Gasteiger partial charge in [0.15, 0.2) is 17.4 Å². The summed E-state index contributed by atoms with van der Waals surface area (Å²) in [7, 11) is 1.42. The SMILES string of the molecule is COc1ccc(Cl)c(CNc2nnc(Br)c3cn(Cc4ccc(Cn5cccn5)cc4)cc23)c1F. The minimum absolute atomic E-state index is 0.135. The number of benzene rings is 2. The Morgan fingerprint density at radius 1 is 1.03 bits per heavy atom.